The van der Waals surface area contributed by atoms with Gasteiger partial charge in [0, 0.05) is 25.4 Å². The Bertz CT molecular complexity index is 1090. The van der Waals surface area contributed by atoms with Crippen LogP contribution in [-0.2, 0) is 33.5 Å². The molecule has 3 rings (SSSR count). The van der Waals surface area contributed by atoms with Gasteiger partial charge in [-0.05, 0) is 18.2 Å². The fourth-order valence-electron chi connectivity index (χ4n) is 2.87. The number of likely N-dealkylation sites (N-methyl/N-ethyl adjacent to an activating group) is 1. The van der Waals surface area contributed by atoms with Gasteiger partial charge in [-0.3, -0.25) is 4.79 Å². The van der Waals surface area contributed by atoms with Gasteiger partial charge in [-0.15, -0.1) is 0 Å². The van der Waals surface area contributed by atoms with Gasteiger partial charge in [-0.2, -0.15) is 0 Å². The smallest absolute Gasteiger partial charge is 0.242 e. The van der Waals surface area contributed by atoms with Crippen LogP contribution in [0, 0.1) is 5.82 Å². The van der Waals surface area contributed by atoms with E-state index in [9.17, 15) is 17.6 Å². The average Bonchev–Trinajstić information content (AvgIpc) is 2.92. The van der Waals surface area contributed by atoms with E-state index in [1.54, 1.807) is 54.1 Å². The average molecular weight is 389 g/mol. The van der Waals surface area contributed by atoms with Crippen LogP contribution in [0.1, 0.15) is 11.4 Å². The molecule has 2 aromatic carbocycles. The van der Waals surface area contributed by atoms with Crippen molar-refractivity contribution >= 4 is 26.8 Å². The molecular formula is C19H20FN3O3S. The summed E-state index contributed by atoms with van der Waals surface area (Å²) in [5, 5.41) is 0. The predicted molar refractivity (Wildman–Crippen MR) is 101 cm³/mol. The quantitative estimate of drug-likeness (QED) is 0.649. The first-order valence-electron chi connectivity index (χ1n) is 8.34. The molecule has 27 heavy (non-hydrogen) atoms. The zero-order valence-electron chi connectivity index (χ0n) is 15.1. The van der Waals surface area contributed by atoms with E-state index >= 15 is 0 Å². The fraction of sp³-hybridized carbons (Fsp3) is 0.263. The summed E-state index contributed by atoms with van der Waals surface area (Å²) in [5.41, 5.74) is 1.73. The Labute approximate surface area is 157 Å². The van der Waals surface area contributed by atoms with E-state index in [0.717, 1.165) is 6.26 Å². The number of benzene rings is 2. The van der Waals surface area contributed by atoms with Crippen molar-refractivity contribution in [1.82, 2.24) is 14.5 Å². The highest BCUT2D eigenvalue weighted by molar-refractivity contribution is 7.89. The molecule has 0 radical (unpaired) electrons. The molecule has 8 heteroatoms. The number of fused-ring (bicyclic) bond motifs is 1. The molecule has 0 bridgehead atoms. The maximum absolute atomic E-state index is 13.8. The number of nitrogens with zero attached hydrogens (tertiary/aromatic N) is 3. The molecule has 6 nitrogen and oxygen atoms in total. The van der Waals surface area contributed by atoms with Crippen LogP contribution in [0.4, 0.5) is 4.39 Å². The van der Waals surface area contributed by atoms with E-state index in [2.05, 4.69) is 4.98 Å². The third-order valence-electron chi connectivity index (χ3n) is 4.21. The number of hydrogen-bond donors (Lipinski definition) is 0. The normalized spacial score (nSPS) is 11.7. The maximum atomic E-state index is 13.8. The van der Waals surface area contributed by atoms with Gasteiger partial charge in [0.25, 0.3) is 0 Å². The second kappa shape index (κ2) is 7.48. The number of halogens is 1. The Morgan fingerprint density at radius 1 is 1.15 bits per heavy atom. The van der Waals surface area contributed by atoms with Crippen LogP contribution in [0.2, 0.25) is 0 Å². The zero-order chi connectivity index (χ0) is 19.6. The number of carbonyl (C=O) groups excluding carboxylic acids is 1. The first kappa shape index (κ1) is 19.0. The number of imidazole rings is 1. The third-order valence-corrected chi connectivity index (χ3v) is 4.99. The van der Waals surface area contributed by atoms with Gasteiger partial charge < -0.3 is 9.47 Å². The standard InChI is InChI=1S/C19H20FN3O3S/c1-22(11-14-7-3-4-8-15(14)20)19(24)12-23-17-10-6-5-9-16(17)21-18(23)13-27(2,25)26/h3-10H,11-13H2,1-2H3. The number of carbonyl (C=O) groups is 1. The van der Waals surface area contributed by atoms with Gasteiger partial charge in [0.15, 0.2) is 9.84 Å². The Hall–Kier alpha value is -2.74. The highest BCUT2D eigenvalue weighted by Gasteiger charge is 2.19. The predicted octanol–water partition coefficient (Wildman–Crippen LogP) is 2.38. The largest absolute Gasteiger partial charge is 0.340 e. The molecular weight excluding hydrogens is 369 g/mol. The molecule has 0 saturated heterocycles. The van der Waals surface area contributed by atoms with Crippen molar-refractivity contribution in [2.24, 2.45) is 0 Å². The molecule has 1 amide bonds. The Morgan fingerprint density at radius 3 is 2.52 bits per heavy atom. The van der Waals surface area contributed by atoms with Crippen molar-refractivity contribution < 1.29 is 17.6 Å². The highest BCUT2D eigenvalue weighted by atomic mass is 32.2. The number of hydrogen-bond acceptors (Lipinski definition) is 4. The molecule has 0 aliphatic heterocycles. The minimum atomic E-state index is -3.32. The second-order valence-electron chi connectivity index (χ2n) is 6.51. The molecule has 1 heterocycles. The number of sulfone groups is 1. The number of para-hydroxylation sites is 2. The molecule has 0 aliphatic rings. The van der Waals surface area contributed by atoms with Crippen molar-refractivity contribution in [1.29, 1.82) is 0 Å². The van der Waals surface area contributed by atoms with Gasteiger partial charge in [0.1, 0.15) is 23.9 Å². The van der Waals surface area contributed by atoms with Crippen LogP contribution in [0.25, 0.3) is 11.0 Å². The van der Waals surface area contributed by atoms with Crippen LogP contribution in [0.5, 0.6) is 0 Å². The Balaban J connectivity index is 1.87. The van der Waals surface area contributed by atoms with Gasteiger partial charge in [-0.1, -0.05) is 30.3 Å². The monoisotopic (exact) mass is 389 g/mol. The van der Waals surface area contributed by atoms with Crippen LogP contribution in [0.3, 0.4) is 0 Å². The first-order valence-corrected chi connectivity index (χ1v) is 10.4. The summed E-state index contributed by atoms with van der Waals surface area (Å²) in [5.74, 6) is -0.586. The number of aromatic nitrogens is 2. The lowest BCUT2D eigenvalue weighted by molar-refractivity contribution is -0.131. The summed E-state index contributed by atoms with van der Waals surface area (Å²) < 4.78 is 38.9. The SMILES string of the molecule is CN(Cc1ccccc1F)C(=O)Cn1c(CS(C)(=O)=O)nc2ccccc21. The number of amides is 1. The van der Waals surface area contributed by atoms with E-state index in [1.807, 2.05) is 0 Å². The lowest BCUT2D eigenvalue weighted by Gasteiger charge is -2.19. The van der Waals surface area contributed by atoms with Crippen LogP contribution in [0.15, 0.2) is 48.5 Å². The van der Waals surface area contributed by atoms with E-state index < -0.39 is 9.84 Å². The molecule has 142 valence electrons. The molecule has 0 N–H and O–H groups in total. The molecule has 0 fully saturated rings. The topological polar surface area (TPSA) is 72.3 Å². The van der Waals surface area contributed by atoms with Crippen molar-refractivity contribution in [3.63, 3.8) is 0 Å². The van der Waals surface area contributed by atoms with Crippen LogP contribution >= 0.6 is 0 Å². The van der Waals surface area contributed by atoms with E-state index in [1.165, 1.54) is 11.0 Å². The molecule has 3 aromatic rings. The molecule has 0 unspecified atom stereocenters. The molecule has 0 atom stereocenters. The summed E-state index contributed by atoms with van der Waals surface area (Å²) in [6.07, 6.45) is 1.13. The van der Waals surface area contributed by atoms with Crippen molar-refractivity contribution in [2.75, 3.05) is 13.3 Å². The van der Waals surface area contributed by atoms with Crippen molar-refractivity contribution in [2.45, 2.75) is 18.8 Å². The highest BCUT2D eigenvalue weighted by Crippen LogP contribution is 2.18. The van der Waals surface area contributed by atoms with Crippen LogP contribution < -0.4 is 0 Å². The Morgan fingerprint density at radius 2 is 1.81 bits per heavy atom. The zero-order valence-corrected chi connectivity index (χ0v) is 15.9. The van der Waals surface area contributed by atoms with E-state index in [-0.39, 0.29) is 30.6 Å². The van der Waals surface area contributed by atoms with E-state index in [4.69, 9.17) is 0 Å². The van der Waals surface area contributed by atoms with E-state index in [0.29, 0.717) is 22.4 Å². The van der Waals surface area contributed by atoms with Gasteiger partial charge >= 0.3 is 0 Å². The van der Waals surface area contributed by atoms with Gasteiger partial charge in [0.05, 0.1) is 11.0 Å². The summed E-state index contributed by atoms with van der Waals surface area (Å²) in [7, 11) is -1.73. The van der Waals surface area contributed by atoms with Crippen LogP contribution in [-0.4, -0.2) is 42.1 Å². The summed E-state index contributed by atoms with van der Waals surface area (Å²) in [4.78, 5) is 18.5. The first-order chi connectivity index (χ1) is 12.7. The molecule has 0 saturated carbocycles. The minimum absolute atomic E-state index is 0.0731. The number of rotatable bonds is 6. The maximum Gasteiger partial charge on any atom is 0.242 e. The van der Waals surface area contributed by atoms with Gasteiger partial charge in [-0.25, -0.2) is 17.8 Å². The second-order valence-corrected chi connectivity index (χ2v) is 8.65. The fourth-order valence-corrected chi connectivity index (χ4v) is 3.56. The Kier molecular flexibility index (Phi) is 5.27. The molecule has 0 aliphatic carbocycles. The minimum Gasteiger partial charge on any atom is -0.340 e. The summed E-state index contributed by atoms with van der Waals surface area (Å²) in [6.45, 7) is 0.0515. The lowest BCUT2D eigenvalue weighted by Crippen LogP contribution is -2.30. The summed E-state index contributed by atoms with van der Waals surface area (Å²) >= 11 is 0. The van der Waals surface area contributed by atoms with Crippen molar-refractivity contribution in [3.8, 4) is 0 Å². The lowest BCUT2D eigenvalue weighted by atomic mass is 10.2. The summed E-state index contributed by atoms with van der Waals surface area (Å²) in [6, 6.07) is 13.4. The molecule has 0 spiro atoms. The molecule has 1 aromatic heterocycles. The van der Waals surface area contributed by atoms with Crippen molar-refractivity contribution in [3.05, 3.63) is 65.7 Å². The van der Waals surface area contributed by atoms with Gasteiger partial charge in [0.2, 0.25) is 5.91 Å². The third kappa shape index (κ3) is 4.51.